The van der Waals surface area contributed by atoms with Gasteiger partial charge < -0.3 is 14.0 Å². The third-order valence-electron chi connectivity index (χ3n) is 3.27. The van der Waals surface area contributed by atoms with Gasteiger partial charge in [0.1, 0.15) is 6.61 Å². The third-order valence-corrected chi connectivity index (χ3v) is 3.27. The fourth-order valence-electron chi connectivity index (χ4n) is 2.11. The van der Waals surface area contributed by atoms with Gasteiger partial charge in [-0.25, -0.2) is 9.78 Å². The molecule has 118 valence electrons. The molecule has 0 bridgehead atoms. The molecule has 0 amide bonds. The Labute approximate surface area is 139 Å². The molecule has 0 unspecified atom stereocenters. The van der Waals surface area contributed by atoms with Crippen LogP contribution in [-0.4, -0.2) is 22.1 Å². The highest BCUT2D eigenvalue weighted by molar-refractivity contribution is 5.91. The molecule has 3 aromatic rings. The van der Waals surface area contributed by atoms with E-state index in [1.165, 1.54) is 0 Å². The monoisotopic (exact) mass is 318 g/mol. The van der Waals surface area contributed by atoms with Crippen LogP contribution in [0.4, 0.5) is 0 Å². The number of carbonyl (C=O) groups excluding carboxylic acids is 1. The largest absolute Gasteiger partial charge is 0.477 e. The molecule has 24 heavy (non-hydrogen) atoms. The molecule has 1 aromatic heterocycles. The van der Waals surface area contributed by atoms with Crippen LogP contribution < -0.4 is 9.47 Å². The topological polar surface area (TPSA) is 53.4 Å². The van der Waals surface area contributed by atoms with Crippen LogP contribution in [0.1, 0.15) is 10.4 Å². The number of hydrogen-bond acceptors (Lipinski definition) is 4. The molecule has 0 N–H and O–H groups in total. The van der Waals surface area contributed by atoms with Crippen molar-refractivity contribution in [1.82, 2.24) is 9.55 Å². The SMILES string of the molecule is C#CCOc1ccccc1OC(=O)c1ccc(-n2ccnc2)cc1. The maximum absolute atomic E-state index is 12.3. The number of para-hydroxylation sites is 2. The molecule has 1 heterocycles. The summed E-state index contributed by atoms with van der Waals surface area (Å²) in [7, 11) is 0. The Hall–Kier alpha value is -3.52. The summed E-state index contributed by atoms with van der Waals surface area (Å²) in [5.41, 5.74) is 1.34. The molecule has 0 aliphatic rings. The second-order valence-corrected chi connectivity index (χ2v) is 4.85. The van der Waals surface area contributed by atoms with Crippen LogP contribution in [0, 0.1) is 12.3 Å². The van der Waals surface area contributed by atoms with Crippen LogP contribution in [-0.2, 0) is 0 Å². The molecule has 5 nitrogen and oxygen atoms in total. The normalized spacial score (nSPS) is 9.96. The van der Waals surface area contributed by atoms with Gasteiger partial charge in [-0.15, -0.1) is 6.42 Å². The number of aromatic nitrogens is 2. The van der Waals surface area contributed by atoms with Gasteiger partial charge in [0, 0.05) is 18.1 Å². The van der Waals surface area contributed by atoms with E-state index in [2.05, 4.69) is 10.9 Å². The predicted molar refractivity (Wildman–Crippen MR) is 89.3 cm³/mol. The highest BCUT2D eigenvalue weighted by Gasteiger charge is 2.12. The third kappa shape index (κ3) is 3.45. The Balaban J connectivity index is 1.75. The summed E-state index contributed by atoms with van der Waals surface area (Å²) in [6.07, 6.45) is 10.4. The second kappa shape index (κ2) is 7.16. The average Bonchev–Trinajstić information content (AvgIpc) is 3.16. The Morgan fingerprint density at radius 3 is 2.54 bits per heavy atom. The number of benzene rings is 2. The van der Waals surface area contributed by atoms with Crippen LogP contribution in [0.5, 0.6) is 11.5 Å². The minimum atomic E-state index is -0.469. The quantitative estimate of drug-likeness (QED) is 0.412. The van der Waals surface area contributed by atoms with Crippen LogP contribution in [0.25, 0.3) is 5.69 Å². The summed E-state index contributed by atoms with van der Waals surface area (Å²) >= 11 is 0. The number of carbonyl (C=O) groups is 1. The Kier molecular flexibility index (Phi) is 4.59. The minimum absolute atomic E-state index is 0.105. The molecular weight excluding hydrogens is 304 g/mol. The molecule has 0 aliphatic carbocycles. The molecule has 0 atom stereocenters. The standard InChI is InChI=1S/C19H14N2O3/c1-2-13-23-17-5-3-4-6-18(17)24-19(22)15-7-9-16(10-8-15)21-12-11-20-14-21/h1,3-12,14H,13H2. The second-order valence-electron chi connectivity index (χ2n) is 4.85. The number of esters is 1. The van der Waals surface area contributed by atoms with Gasteiger partial charge in [0.05, 0.1) is 11.9 Å². The summed E-state index contributed by atoms with van der Waals surface area (Å²) in [6, 6.07) is 13.9. The highest BCUT2D eigenvalue weighted by atomic mass is 16.6. The molecule has 0 radical (unpaired) electrons. The van der Waals surface area contributed by atoms with Gasteiger partial charge in [-0.3, -0.25) is 0 Å². The fraction of sp³-hybridized carbons (Fsp3) is 0.0526. The van der Waals surface area contributed by atoms with Crippen molar-refractivity contribution in [1.29, 1.82) is 0 Å². The lowest BCUT2D eigenvalue weighted by atomic mass is 10.2. The summed E-state index contributed by atoms with van der Waals surface area (Å²) < 4.78 is 12.6. The van der Waals surface area contributed by atoms with E-state index in [0.717, 1.165) is 5.69 Å². The molecule has 3 rings (SSSR count). The first-order valence-corrected chi connectivity index (χ1v) is 7.24. The molecule has 0 fully saturated rings. The van der Waals surface area contributed by atoms with E-state index >= 15 is 0 Å². The minimum Gasteiger partial charge on any atom is -0.477 e. The fourth-order valence-corrected chi connectivity index (χ4v) is 2.11. The van der Waals surface area contributed by atoms with E-state index in [0.29, 0.717) is 17.1 Å². The van der Waals surface area contributed by atoms with E-state index in [1.807, 2.05) is 22.9 Å². The molecule has 0 saturated carbocycles. The van der Waals surface area contributed by atoms with Gasteiger partial charge in [-0.2, -0.15) is 0 Å². The molecule has 0 spiro atoms. The Bertz CT molecular complexity index is 862. The van der Waals surface area contributed by atoms with Crippen LogP contribution in [0.3, 0.4) is 0 Å². The van der Waals surface area contributed by atoms with Gasteiger partial charge in [-0.1, -0.05) is 18.1 Å². The van der Waals surface area contributed by atoms with E-state index < -0.39 is 5.97 Å². The summed E-state index contributed by atoms with van der Waals surface area (Å²) in [5.74, 6) is 2.67. The van der Waals surface area contributed by atoms with Gasteiger partial charge in [-0.05, 0) is 36.4 Å². The number of ether oxygens (including phenoxy) is 2. The van der Waals surface area contributed by atoms with Crippen LogP contribution in [0.15, 0.2) is 67.3 Å². The summed E-state index contributed by atoms with van der Waals surface area (Å²) in [6.45, 7) is 0.105. The number of imidazole rings is 1. The van der Waals surface area contributed by atoms with Crippen LogP contribution >= 0.6 is 0 Å². The van der Waals surface area contributed by atoms with Crippen molar-refractivity contribution in [2.24, 2.45) is 0 Å². The van der Waals surface area contributed by atoms with Crippen LogP contribution in [0.2, 0.25) is 0 Å². The Morgan fingerprint density at radius 2 is 1.88 bits per heavy atom. The average molecular weight is 318 g/mol. The Morgan fingerprint density at radius 1 is 1.12 bits per heavy atom. The molecule has 0 saturated heterocycles. The van der Waals surface area contributed by atoms with E-state index in [-0.39, 0.29) is 6.61 Å². The van der Waals surface area contributed by atoms with Gasteiger partial charge in [0.25, 0.3) is 0 Å². The summed E-state index contributed by atoms with van der Waals surface area (Å²) in [5, 5.41) is 0. The summed E-state index contributed by atoms with van der Waals surface area (Å²) in [4.78, 5) is 16.3. The molecular formula is C19H14N2O3. The first-order chi connectivity index (χ1) is 11.8. The zero-order valence-corrected chi connectivity index (χ0v) is 12.8. The van der Waals surface area contributed by atoms with E-state index in [9.17, 15) is 4.79 Å². The van der Waals surface area contributed by atoms with Gasteiger partial charge in [0.2, 0.25) is 0 Å². The van der Waals surface area contributed by atoms with Crippen molar-refractivity contribution in [3.63, 3.8) is 0 Å². The maximum Gasteiger partial charge on any atom is 0.343 e. The first kappa shape index (κ1) is 15.4. The smallest absolute Gasteiger partial charge is 0.343 e. The molecule has 2 aromatic carbocycles. The lowest BCUT2D eigenvalue weighted by Crippen LogP contribution is -2.09. The van der Waals surface area contributed by atoms with E-state index in [1.54, 1.807) is 48.9 Å². The maximum atomic E-state index is 12.3. The lowest BCUT2D eigenvalue weighted by molar-refractivity contribution is 0.0729. The zero-order chi connectivity index (χ0) is 16.8. The van der Waals surface area contributed by atoms with Crippen molar-refractivity contribution in [2.45, 2.75) is 0 Å². The van der Waals surface area contributed by atoms with Crippen molar-refractivity contribution in [3.8, 4) is 29.5 Å². The molecule has 0 aliphatic heterocycles. The molecule has 5 heteroatoms. The zero-order valence-electron chi connectivity index (χ0n) is 12.8. The van der Waals surface area contributed by atoms with Gasteiger partial charge >= 0.3 is 5.97 Å². The number of rotatable bonds is 5. The van der Waals surface area contributed by atoms with Crippen molar-refractivity contribution >= 4 is 5.97 Å². The number of nitrogens with zero attached hydrogens (tertiary/aromatic N) is 2. The number of hydrogen-bond donors (Lipinski definition) is 0. The lowest BCUT2D eigenvalue weighted by Gasteiger charge is -2.10. The first-order valence-electron chi connectivity index (χ1n) is 7.24. The van der Waals surface area contributed by atoms with Gasteiger partial charge in [0.15, 0.2) is 11.5 Å². The van der Waals surface area contributed by atoms with Crippen molar-refractivity contribution in [3.05, 3.63) is 72.8 Å². The van der Waals surface area contributed by atoms with Crippen molar-refractivity contribution < 1.29 is 14.3 Å². The van der Waals surface area contributed by atoms with E-state index in [4.69, 9.17) is 15.9 Å². The highest BCUT2D eigenvalue weighted by Crippen LogP contribution is 2.27. The predicted octanol–water partition coefficient (Wildman–Crippen LogP) is 3.10. The number of terminal acetylenes is 1. The van der Waals surface area contributed by atoms with Crippen molar-refractivity contribution in [2.75, 3.05) is 6.61 Å².